The predicted octanol–water partition coefficient (Wildman–Crippen LogP) is 5.49. The van der Waals surface area contributed by atoms with Crippen LogP contribution in [0.15, 0.2) is 71.5 Å². The monoisotopic (exact) mass is 519 g/mol. The second kappa shape index (κ2) is 9.55. The standard InChI is InChI=1S/C21H16BrCl2N5O2/c22-17-12-29(11-14-6-7-15(23)10-18(14)24)27-20(17)25-21(30)19-8-9-28(26-19)13-31-16-4-2-1-3-5-16/h1-10,12H,11,13H2,(H,25,27,30). The van der Waals surface area contributed by atoms with Gasteiger partial charge in [-0.25, -0.2) is 4.68 Å². The number of carbonyl (C=O) groups excluding carboxylic acids is 1. The molecule has 0 bridgehead atoms. The minimum atomic E-state index is -0.381. The zero-order valence-electron chi connectivity index (χ0n) is 16.0. The lowest BCUT2D eigenvalue weighted by molar-refractivity contribution is 0.101. The number of anilines is 1. The minimum absolute atomic E-state index is 0.192. The van der Waals surface area contributed by atoms with Gasteiger partial charge in [-0.15, -0.1) is 0 Å². The average molecular weight is 521 g/mol. The lowest BCUT2D eigenvalue weighted by atomic mass is 10.2. The van der Waals surface area contributed by atoms with Crippen LogP contribution in [0.3, 0.4) is 0 Å². The number of aromatic nitrogens is 4. The summed E-state index contributed by atoms with van der Waals surface area (Å²) in [4.78, 5) is 12.6. The van der Waals surface area contributed by atoms with E-state index < -0.39 is 0 Å². The molecule has 0 spiro atoms. The number of nitrogens with one attached hydrogen (secondary N) is 1. The van der Waals surface area contributed by atoms with Crippen molar-refractivity contribution in [1.82, 2.24) is 19.6 Å². The van der Waals surface area contributed by atoms with Crippen molar-refractivity contribution in [1.29, 1.82) is 0 Å². The number of amides is 1. The van der Waals surface area contributed by atoms with E-state index in [4.69, 9.17) is 27.9 Å². The zero-order chi connectivity index (χ0) is 21.8. The fourth-order valence-corrected chi connectivity index (χ4v) is 3.65. The van der Waals surface area contributed by atoms with Gasteiger partial charge in [-0.2, -0.15) is 10.2 Å². The van der Waals surface area contributed by atoms with Crippen LogP contribution in [0.4, 0.5) is 5.82 Å². The van der Waals surface area contributed by atoms with E-state index in [1.807, 2.05) is 36.4 Å². The van der Waals surface area contributed by atoms with E-state index in [1.54, 1.807) is 35.3 Å². The maximum absolute atomic E-state index is 12.6. The maximum atomic E-state index is 12.6. The highest BCUT2D eigenvalue weighted by Crippen LogP contribution is 2.25. The summed E-state index contributed by atoms with van der Waals surface area (Å²) in [6, 6.07) is 16.3. The van der Waals surface area contributed by atoms with Gasteiger partial charge in [-0.3, -0.25) is 9.48 Å². The van der Waals surface area contributed by atoms with Crippen LogP contribution in [0.2, 0.25) is 10.0 Å². The SMILES string of the molecule is O=C(Nc1nn(Cc2ccc(Cl)cc2Cl)cc1Br)c1ccn(COc2ccccc2)n1. The summed E-state index contributed by atoms with van der Waals surface area (Å²) in [7, 11) is 0. The third-order valence-corrected chi connectivity index (χ3v) is 5.44. The molecule has 0 unspecified atom stereocenters. The van der Waals surface area contributed by atoms with Crippen molar-refractivity contribution in [3.63, 3.8) is 0 Å². The summed E-state index contributed by atoms with van der Waals surface area (Å²) in [5.74, 6) is 0.721. The van der Waals surface area contributed by atoms with Crippen molar-refractivity contribution >= 4 is 50.9 Å². The molecule has 4 rings (SSSR count). The van der Waals surface area contributed by atoms with Crippen LogP contribution >= 0.6 is 39.1 Å². The normalized spacial score (nSPS) is 10.8. The zero-order valence-corrected chi connectivity index (χ0v) is 19.1. The third-order valence-electron chi connectivity index (χ3n) is 4.28. The summed E-state index contributed by atoms with van der Waals surface area (Å²) in [6.45, 7) is 0.618. The van der Waals surface area contributed by atoms with Crippen LogP contribution in [0.1, 0.15) is 16.1 Å². The van der Waals surface area contributed by atoms with Gasteiger partial charge in [-0.05, 0) is 51.8 Å². The van der Waals surface area contributed by atoms with Gasteiger partial charge in [0.25, 0.3) is 5.91 Å². The number of halogens is 3. The highest BCUT2D eigenvalue weighted by molar-refractivity contribution is 9.10. The molecule has 1 amide bonds. The minimum Gasteiger partial charge on any atom is -0.471 e. The number of rotatable bonds is 7. The molecular weight excluding hydrogens is 505 g/mol. The Morgan fingerprint density at radius 2 is 1.87 bits per heavy atom. The van der Waals surface area contributed by atoms with Crippen LogP contribution in [0.25, 0.3) is 0 Å². The van der Waals surface area contributed by atoms with Crippen molar-refractivity contribution in [3.8, 4) is 5.75 Å². The maximum Gasteiger partial charge on any atom is 0.277 e. The lowest BCUT2D eigenvalue weighted by Crippen LogP contribution is -2.15. The van der Waals surface area contributed by atoms with Gasteiger partial charge in [-0.1, -0.05) is 47.5 Å². The molecular formula is C21H16BrCl2N5O2. The summed E-state index contributed by atoms with van der Waals surface area (Å²) < 4.78 is 9.47. The Hall–Kier alpha value is -2.81. The molecule has 0 saturated carbocycles. The largest absolute Gasteiger partial charge is 0.471 e. The van der Waals surface area contributed by atoms with Crippen LogP contribution in [-0.4, -0.2) is 25.5 Å². The third kappa shape index (κ3) is 5.46. The Kier molecular flexibility index (Phi) is 6.60. The Morgan fingerprint density at radius 3 is 2.65 bits per heavy atom. The first-order chi connectivity index (χ1) is 15.0. The fraction of sp³-hybridized carbons (Fsp3) is 0.0952. The number of para-hydroxylation sites is 1. The Morgan fingerprint density at radius 1 is 1.06 bits per heavy atom. The van der Waals surface area contributed by atoms with E-state index in [1.165, 1.54) is 4.68 Å². The van der Waals surface area contributed by atoms with Crippen LogP contribution < -0.4 is 10.1 Å². The lowest BCUT2D eigenvalue weighted by Gasteiger charge is -2.05. The van der Waals surface area contributed by atoms with Gasteiger partial charge in [0, 0.05) is 22.4 Å². The summed E-state index contributed by atoms with van der Waals surface area (Å²) >= 11 is 15.6. The molecule has 0 aliphatic carbocycles. The van der Waals surface area contributed by atoms with E-state index in [9.17, 15) is 4.79 Å². The fourth-order valence-electron chi connectivity index (χ4n) is 2.77. The molecule has 2 aromatic carbocycles. The molecule has 0 radical (unpaired) electrons. The second-order valence-electron chi connectivity index (χ2n) is 6.54. The number of carbonyl (C=O) groups is 1. The Bertz CT molecular complexity index is 1210. The molecule has 2 heterocycles. The molecule has 31 heavy (non-hydrogen) atoms. The van der Waals surface area contributed by atoms with Crippen molar-refractivity contribution < 1.29 is 9.53 Å². The molecule has 0 fully saturated rings. The average Bonchev–Trinajstić information content (AvgIpc) is 3.36. The smallest absolute Gasteiger partial charge is 0.277 e. The van der Waals surface area contributed by atoms with Crippen molar-refractivity contribution in [2.75, 3.05) is 5.32 Å². The Balaban J connectivity index is 1.39. The molecule has 4 aromatic rings. The first-order valence-electron chi connectivity index (χ1n) is 9.17. The van der Waals surface area contributed by atoms with Gasteiger partial charge in [0.05, 0.1) is 11.0 Å². The molecule has 1 N–H and O–H groups in total. The number of hydrogen-bond acceptors (Lipinski definition) is 4. The number of nitrogens with zero attached hydrogens (tertiary/aromatic N) is 4. The summed E-state index contributed by atoms with van der Waals surface area (Å²) in [6.07, 6.45) is 3.43. The van der Waals surface area contributed by atoms with Crippen LogP contribution in [-0.2, 0) is 13.3 Å². The van der Waals surface area contributed by atoms with Gasteiger partial charge in [0.15, 0.2) is 18.2 Å². The summed E-state index contributed by atoms with van der Waals surface area (Å²) in [5, 5.41) is 12.5. The van der Waals surface area contributed by atoms with Crippen molar-refractivity contribution in [2.45, 2.75) is 13.3 Å². The van der Waals surface area contributed by atoms with Gasteiger partial charge in [0.2, 0.25) is 0 Å². The van der Waals surface area contributed by atoms with E-state index >= 15 is 0 Å². The molecule has 7 nitrogen and oxygen atoms in total. The quantitative estimate of drug-likeness (QED) is 0.350. The first-order valence-corrected chi connectivity index (χ1v) is 10.7. The molecule has 0 saturated heterocycles. The number of ether oxygens (including phenoxy) is 1. The van der Waals surface area contributed by atoms with Gasteiger partial charge >= 0.3 is 0 Å². The number of benzene rings is 2. The van der Waals surface area contributed by atoms with Gasteiger partial charge in [0.1, 0.15) is 5.75 Å². The highest BCUT2D eigenvalue weighted by Gasteiger charge is 2.15. The molecule has 158 valence electrons. The van der Waals surface area contributed by atoms with E-state index in [-0.39, 0.29) is 18.3 Å². The molecule has 0 aliphatic rings. The highest BCUT2D eigenvalue weighted by atomic mass is 79.9. The summed E-state index contributed by atoms with van der Waals surface area (Å²) in [5.41, 5.74) is 1.11. The molecule has 10 heteroatoms. The van der Waals surface area contributed by atoms with Crippen molar-refractivity contribution in [3.05, 3.63) is 92.8 Å². The van der Waals surface area contributed by atoms with Crippen molar-refractivity contribution in [2.24, 2.45) is 0 Å². The second-order valence-corrected chi connectivity index (χ2v) is 8.24. The topological polar surface area (TPSA) is 74.0 Å². The van der Waals surface area contributed by atoms with Crippen LogP contribution in [0.5, 0.6) is 5.75 Å². The van der Waals surface area contributed by atoms with Gasteiger partial charge < -0.3 is 10.1 Å². The molecule has 2 aromatic heterocycles. The predicted molar refractivity (Wildman–Crippen MR) is 123 cm³/mol. The van der Waals surface area contributed by atoms with Crippen LogP contribution in [0, 0.1) is 0 Å². The first kappa shape index (κ1) is 21.4. The Labute approximate surface area is 196 Å². The van der Waals surface area contributed by atoms with E-state index in [0.29, 0.717) is 26.9 Å². The van der Waals surface area contributed by atoms with E-state index in [2.05, 4.69) is 31.4 Å². The number of hydrogen-bond donors (Lipinski definition) is 1. The molecule has 0 atom stereocenters. The molecule has 0 aliphatic heterocycles. The van der Waals surface area contributed by atoms with E-state index in [0.717, 1.165) is 11.3 Å².